The molecule has 0 aromatic carbocycles. The summed E-state index contributed by atoms with van der Waals surface area (Å²) in [6.45, 7) is 2.29. The summed E-state index contributed by atoms with van der Waals surface area (Å²) >= 11 is 0. The number of rotatable bonds is 1. The first-order chi connectivity index (χ1) is 6.34. The Balaban J connectivity index is 2.10. The summed E-state index contributed by atoms with van der Waals surface area (Å²) in [5, 5.41) is 4.12. The molecule has 0 radical (unpaired) electrons. The van der Waals surface area contributed by atoms with Crippen LogP contribution in [0.5, 0.6) is 0 Å². The summed E-state index contributed by atoms with van der Waals surface area (Å²) in [7, 11) is 0. The SMILES string of the molecule is C[C@@H]1C[C@H]1c1ccc2ncnn2c1. The van der Waals surface area contributed by atoms with Gasteiger partial charge in [-0.1, -0.05) is 13.0 Å². The molecule has 3 heteroatoms. The first-order valence-corrected chi connectivity index (χ1v) is 4.64. The summed E-state index contributed by atoms with van der Waals surface area (Å²) < 4.78 is 1.85. The van der Waals surface area contributed by atoms with Crippen molar-refractivity contribution >= 4 is 5.65 Å². The van der Waals surface area contributed by atoms with Crippen LogP contribution in [0.25, 0.3) is 5.65 Å². The molecule has 0 bridgehead atoms. The third-order valence-electron chi connectivity index (χ3n) is 2.83. The van der Waals surface area contributed by atoms with Gasteiger partial charge in [0.1, 0.15) is 6.33 Å². The fourth-order valence-corrected chi connectivity index (χ4v) is 1.84. The number of hydrogen-bond acceptors (Lipinski definition) is 2. The van der Waals surface area contributed by atoms with Crippen molar-refractivity contribution in [1.82, 2.24) is 14.6 Å². The molecule has 2 aromatic rings. The number of aromatic nitrogens is 3. The smallest absolute Gasteiger partial charge is 0.155 e. The van der Waals surface area contributed by atoms with E-state index in [1.807, 2.05) is 10.6 Å². The second kappa shape index (κ2) is 2.31. The highest BCUT2D eigenvalue weighted by Crippen LogP contribution is 2.46. The molecule has 0 N–H and O–H groups in total. The highest BCUT2D eigenvalue weighted by Gasteiger charge is 2.34. The molecule has 3 nitrogen and oxygen atoms in total. The standard InChI is InChI=1S/C10H11N3/c1-7-4-9(7)8-2-3-10-11-6-12-13(10)5-8/h2-3,5-7,9H,4H2,1H3/t7-,9-/m1/s1. The Hall–Kier alpha value is -1.38. The first kappa shape index (κ1) is 7.06. The van der Waals surface area contributed by atoms with Crippen LogP contribution in [0.4, 0.5) is 0 Å². The minimum absolute atomic E-state index is 0.758. The largest absolute Gasteiger partial charge is 0.221 e. The molecule has 0 unspecified atom stereocenters. The molecule has 0 aliphatic heterocycles. The monoisotopic (exact) mass is 173 g/mol. The van der Waals surface area contributed by atoms with Crippen LogP contribution in [0.15, 0.2) is 24.7 Å². The Morgan fingerprint density at radius 2 is 2.31 bits per heavy atom. The van der Waals surface area contributed by atoms with Crippen LogP contribution in [0.3, 0.4) is 0 Å². The van der Waals surface area contributed by atoms with Crippen LogP contribution in [-0.4, -0.2) is 14.6 Å². The van der Waals surface area contributed by atoms with Gasteiger partial charge in [-0.3, -0.25) is 0 Å². The summed E-state index contributed by atoms with van der Waals surface area (Å²) in [5.74, 6) is 1.61. The molecule has 2 atom stereocenters. The van der Waals surface area contributed by atoms with Crippen LogP contribution >= 0.6 is 0 Å². The molecule has 0 saturated heterocycles. The van der Waals surface area contributed by atoms with Crippen LogP contribution in [0.2, 0.25) is 0 Å². The first-order valence-electron chi connectivity index (χ1n) is 4.64. The minimum Gasteiger partial charge on any atom is -0.221 e. The lowest BCUT2D eigenvalue weighted by Crippen LogP contribution is -1.90. The molecule has 1 aliphatic carbocycles. The molecule has 2 heterocycles. The van der Waals surface area contributed by atoms with Gasteiger partial charge in [-0.2, -0.15) is 5.10 Å². The molecule has 1 saturated carbocycles. The fraction of sp³-hybridized carbons (Fsp3) is 0.400. The Morgan fingerprint density at radius 3 is 3.08 bits per heavy atom. The molecule has 0 amide bonds. The summed E-state index contributed by atoms with van der Waals surface area (Å²) in [4.78, 5) is 4.11. The second-order valence-corrected chi connectivity index (χ2v) is 3.84. The second-order valence-electron chi connectivity index (χ2n) is 3.84. The molecular formula is C10H11N3. The van der Waals surface area contributed by atoms with Crippen LogP contribution in [-0.2, 0) is 0 Å². The maximum atomic E-state index is 4.12. The quantitative estimate of drug-likeness (QED) is 0.658. The third kappa shape index (κ3) is 1.03. The van der Waals surface area contributed by atoms with E-state index in [9.17, 15) is 0 Å². The zero-order valence-corrected chi connectivity index (χ0v) is 7.51. The van der Waals surface area contributed by atoms with E-state index >= 15 is 0 Å². The summed E-state index contributed by atoms with van der Waals surface area (Å²) in [5.41, 5.74) is 2.32. The number of fused-ring (bicyclic) bond motifs is 1. The van der Waals surface area contributed by atoms with Gasteiger partial charge in [0.05, 0.1) is 0 Å². The average Bonchev–Trinajstić information content (AvgIpc) is 2.70. The number of hydrogen-bond donors (Lipinski definition) is 0. The van der Waals surface area contributed by atoms with Gasteiger partial charge in [-0.25, -0.2) is 9.50 Å². The van der Waals surface area contributed by atoms with E-state index in [1.54, 1.807) is 6.33 Å². The van der Waals surface area contributed by atoms with E-state index in [1.165, 1.54) is 12.0 Å². The van der Waals surface area contributed by atoms with E-state index < -0.39 is 0 Å². The average molecular weight is 173 g/mol. The van der Waals surface area contributed by atoms with E-state index in [0.717, 1.165) is 17.5 Å². The Bertz CT molecular complexity index is 446. The normalized spacial score (nSPS) is 26.5. The van der Waals surface area contributed by atoms with Gasteiger partial charge in [0, 0.05) is 6.20 Å². The predicted octanol–water partition coefficient (Wildman–Crippen LogP) is 1.85. The lowest BCUT2D eigenvalue weighted by molar-refractivity contribution is 0.883. The van der Waals surface area contributed by atoms with Crippen molar-refractivity contribution in [1.29, 1.82) is 0 Å². The topological polar surface area (TPSA) is 30.2 Å². The molecule has 3 rings (SSSR count). The van der Waals surface area contributed by atoms with Crippen LogP contribution in [0.1, 0.15) is 24.8 Å². The zero-order chi connectivity index (χ0) is 8.84. The molecule has 2 aromatic heterocycles. The van der Waals surface area contributed by atoms with E-state index in [2.05, 4.69) is 29.3 Å². The Morgan fingerprint density at radius 1 is 1.46 bits per heavy atom. The van der Waals surface area contributed by atoms with Crippen molar-refractivity contribution in [3.05, 3.63) is 30.2 Å². The van der Waals surface area contributed by atoms with Crippen molar-refractivity contribution in [2.45, 2.75) is 19.3 Å². The zero-order valence-electron chi connectivity index (χ0n) is 7.51. The molecule has 1 aliphatic rings. The summed E-state index contributed by atoms with van der Waals surface area (Å²) in [6.07, 6.45) is 5.01. The number of pyridine rings is 1. The van der Waals surface area contributed by atoms with Crippen LogP contribution < -0.4 is 0 Å². The third-order valence-corrected chi connectivity index (χ3v) is 2.83. The molecular weight excluding hydrogens is 162 g/mol. The number of nitrogens with zero attached hydrogens (tertiary/aromatic N) is 3. The van der Waals surface area contributed by atoms with Gasteiger partial charge in [0.2, 0.25) is 0 Å². The van der Waals surface area contributed by atoms with Gasteiger partial charge >= 0.3 is 0 Å². The van der Waals surface area contributed by atoms with Gasteiger partial charge in [0.25, 0.3) is 0 Å². The maximum Gasteiger partial charge on any atom is 0.155 e. The van der Waals surface area contributed by atoms with Crippen molar-refractivity contribution in [3.8, 4) is 0 Å². The van der Waals surface area contributed by atoms with Crippen molar-refractivity contribution in [2.75, 3.05) is 0 Å². The highest BCUT2D eigenvalue weighted by atomic mass is 15.3. The van der Waals surface area contributed by atoms with E-state index in [0.29, 0.717) is 0 Å². The molecule has 0 spiro atoms. The molecule has 1 fully saturated rings. The van der Waals surface area contributed by atoms with E-state index in [-0.39, 0.29) is 0 Å². The highest BCUT2D eigenvalue weighted by molar-refractivity contribution is 5.39. The lowest BCUT2D eigenvalue weighted by Gasteiger charge is -1.98. The van der Waals surface area contributed by atoms with Crippen molar-refractivity contribution in [2.24, 2.45) is 5.92 Å². The Kier molecular flexibility index (Phi) is 1.26. The van der Waals surface area contributed by atoms with Gasteiger partial charge in [0.15, 0.2) is 5.65 Å². The predicted molar refractivity (Wildman–Crippen MR) is 49.5 cm³/mol. The summed E-state index contributed by atoms with van der Waals surface area (Å²) in [6, 6.07) is 4.20. The van der Waals surface area contributed by atoms with Crippen LogP contribution in [0, 0.1) is 5.92 Å². The molecule has 66 valence electrons. The maximum absolute atomic E-state index is 4.12. The van der Waals surface area contributed by atoms with Gasteiger partial charge < -0.3 is 0 Å². The van der Waals surface area contributed by atoms with E-state index in [4.69, 9.17) is 0 Å². The lowest BCUT2D eigenvalue weighted by atomic mass is 10.1. The molecule has 13 heavy (non-hydrogen) atoms. The Labute approximate surface area is 76.4 Å². The van der Waals surface area contributed by atoms with Crippen molar-refractivity contribution < 1.29 is 0 Å². The van der Waals surface area contributed by atoms with Gasteiger partial charge in [-0.15, -0.1) is 0 Å². The van der Waals surface area contributed by atoms with Crippen molar-refractivity contribution in [3.63, 3.8) is 0 Å². The van der Waals surface area contributed by atoms with Gasteiger partial charge in [-0.05, 0) is 29.9 Å². The fourth-order valence-electron chi connectivity index (χ4n) is 1.84. The minimum atomic E-state index is 0.758.